The zero-order valence-corrected chi connectivity index (χ0v) is 18.4. The fraction of sp³-hybridized carbons (Fsp3) is 0.227. The van der Waals surface area contributed by atoms with Gasteiger partial charge in [0.2, 0.25) is 0 Å². The molecule has 0 N–H and O–H groups in total. The first-order chi connectivity index (χ1) is 15.2. The van der Waals surface area contributed by atoms with E-state index in [1.54, 1.807) is 30.5 Å². The van der Waals surface area contributed by atoms with Gasteiger partial charge < -0.3 is 0 Å². The van der Waals surface area contributed by atoms with Crippen molar-refractivity contribution in [3.8, 4) is 0 Å². The number of alkyl halides is 3. The number of thioether (sulfide) groups is 1. The van der Waals surface area contributed by atoms with E-state index in [0.29, 0.717) is 34.3 Å². The van der Waals surface area contributed by atoms with Crippen molar-refractivity contribution in [2.45, 2.75) is 26.1 Å². The topological polar surface area (TPSA) is 55.2 Å². The van der Waals surface area contributed by atoms with E-state index < -0.39 is 11.7 Å². The van der Waals surface area contributed by atoms with Crippen LogP contribution in [0.15, 0.2) is 47.5 Å². The minimum atomic E-state index is -4.53. The Bertz CT molecular complexity index is 1250. The van der Waals surface area contributed by atoms with Crippen LogP contribution in [0, 0.1) is 0 Å². The molecule has 166 valence electrons. The molecule has 0 bridgehead atoms. The monoisotopic (exact) mass is 479 g/mol. The van der Waals surface area contributed by atoms with Crippen LogP contribution in [0.4, 0.5) is 18.0 Å². The van der Waals surface area contributed by atoms with Gasteiger partial charge in [0.25, 0.3) is 11.1 Å². The summed E-state index contributed by atoms with van der Waals surface area (Å²) >= 11 is 6.65. The number of aromatic nitrogens is 2. The van der Waals surface area contributed by atoms with Gasteiger partial charge in [-0.1, -0.05) is 30.7 Å². The number of hydrogen-bond donors (Lipinski definition) is 0. The third-order valence-corrected chi connectivity index (χ3v) is 6.12. The molecule has 10 heteroatoms. The lowest BCUT2D eigenvalue weighted by Crippen LogP contribution is -2.28. The molecule has 1 aliphatic heterocycles. The van der Waals surface area contributed by atoms with Crippen molar-refractivity contribution in [1.82, 2.24) is 14.7 Å². The van der Waals surface area contributed by atoms with E-state index in [0.717, 1.165) is 17.8 Å². The summed E-state index contributed by atoms with van der Waals surface area (Å²) in [7, 11) is 0. The van der Waals surface area contributed by atoms with E-state index >= 15 is 0 Å². The quantitative estimate of drug-likeness (QED) is 0.409. The summed E-state index contributed by atoms with van der Waals surface area (Å²) in [6, 6.07) is 8.92. The van der Waals surface area contributed by atoms with Gasteiger partial charge in [-0.15, -0.1) is 0 Å². The SMILES string of the molecule is CCCN1C(=O)SC(=Cc2ccc3c(cnn3Cc3ccc(Cl)cc3C(F)(F)F)c2)C1=O. The molecule has 2 aromatic carbocycles. The summed E-state index contributed by atoms with van der Waals surface area (Å²) < 4.78 is 41.7. The molecule has 0 saturated carbocycles. The minimum Gasteiger partial charge on any atom is -0.268 e. The smallest absolute Gasteiger partial charge is 0.268 e. The number of benzene rings is 2. The lowest BCUT2D eigenvalue weighted by atomic mass is 10.1. The number of imide groups is 1. The van der Waals surface area contributed by atoms with Gasteiger partial charge in [-0.2, -0.15) is 18.3 Å². The molecule has 2 amide bonds. The van der Waals surface area contributed by atoms with Crippen molar-refractivity contribution in [2.75, 3.05) is 6.54 Å². The van der Waals surface area contributed by atoms with Crippen LogP contribution < -0.4 is 0 Å². The van der Waals surface area contributed by atoms with Crippen LogP contribution in [0.25, 0.3) is 17.0 Å². The van der Waals surface area contributed by atoms with E-state index in [1.807, 2.05) is 6.92 Å². The second-order valence-electron chi connectivity index (χ2n) is 7.25. The van der Waals surface area contributed by atoms with E-state index in [4.69, 9.17) is 11.6 Å². The second kappa shape index (κ2) is 8.63. The summed E-state index contributed by atoms with van der Waals surface area (Å²) in [5.74, 6) is -0.319. The molecular formula is C22H17ClF3N3O2S. The minimum absolute atomic E-state index is 0.0133. The molecule has 1 fully saturated rings. The number of nitrogens with zero attached hydrogens (tertiary/aromatic N) is 3. The Labute approximate surface area is 190 Å². The van der Waals surface area contributed by atoms with Crippen molar-refractivity contribution in [3.05, 3.63) is 69.2 Å². The first-order valence-electron chi connectivity index (χ1n) is 9.74. The van der Waals surface area contributed by atoms with Gasteiger partial charge in [-0.05, 0) is 59.7 Å². The lowest BCUT2D eigenvalue weighted by Gasteiger charge is -2.14. The number of hydrogen-bond acceptors (Lipinski definition) is 4. The molecule has 0 radical (unpaired) electrons. The van der Waals surface area contributed by atoms with Crippen LogP contribution in [0.5, 0.6) is 0 Å². The highest BCUT2D eigenvalue weighted by molar-refractivity contribution is 8.18. The van der Waals surface area contributed by atoms with E-state index in [-0.39, 0.29) is 28.3 Å². The van der Waals surface area contributed by atoms with Gasteiger partial charge in [0.15, 0.2) is 0 Å². The summed E-state index contributed by atoms with van der Waals surface area (Å²) in [6.45, 7) is 2.18. The fourth-order valence-electron chi connectivity index (χ4n) is 3.50. The standard InChI is InChI=1S/C22H17ClF3N3O2S/c1-2-7-28-20(30)19(32-21(28)31)9-13-3-6-18-15(8-13)11-27-29(18)12-14-4-5-16(23)10-17(14)22(24,25)26/h3-6,8-11H,2,7,12H2,1H3. The molecule has 3 aromatic rings. The van der Waals surface area contributed by atoms with Gasteiger partial charge in [-0.3, -0.25) is 19.2 Å². The number of rotatable bonds is 5. The number of halogens is 4. The Hall–Kier alpha value is -2.78. The summed E-state index contributed by atoms with van der Waals surface area (Å²) in [5, 5.41) is 4.66. The molecular weight excluding hydrogens is 463 g/mol. The predicted molar refractivity (Wildman–Crippen MR) is 118 cm³/mol. The van der Waals surface area contributed by atoms with Gasteiger partial charge in [0.05, 0.1) is 28.7 Å². The maximum Gasteiger partial charge on any atom is 0.416 e. The predicted octanol–water partition coefficient (Wildman–Crippen LogP) is 6.20. The Morgan fingerprint density at radius 2 is 1.94 bits per heavy atom. The van der Waals surface area contributed by atoms with Gasteiger partial charge in [0.1, 0.15) is 0 Å². The Kier molecular flexibility index (Phi) is 6.05. The number of carbonyl (C=O) groups is 2. The molecule has 1 saturated heterocycles. The first-order valence-corrected chi connectivity index (χ1v) is 10.9. The molecule has 32 heavy (non-hydrogen) atoms. The Morgan fingerprint density at radius 3 is 2.66 bits per heavy atom. The van der Waals surface area contributed by atoms with Crippen LogP contribution in [0.3, 0.4) is 0 Å². The third kappa shape index (κ3) is 4.40. The maximum atomic E-state index is 13.4. The third-order valence-electron chi connectivity index (χ3n) is 4.98. The van der Waals surface area contributed by atoms with Crippen molar-refractivity contribution in [1.29, 1.82) is 0 Å². The van der Waals surface area contributed by atoms with Gasteiger partial charge in [-0.25, -0.2) is 0 Å². The molecule has 0 unspecified atom stereocenters. The van der Waals surface area contributed by atoms with Crippen LogP contribution in [-0.2, 0) is 17.5 Å². The summed E-state index contributed by atoms with van der Waals surface area (Å²) in [4.78, 5) is 26.0. The Balaban J connectivity index is 1.63. The Morgan fingerprint density at radius 1 is 1.16 bits per heavy atom. The fourth-order valence-corrected chi connectivity index (χ4v) is 4.54. The van der Waals surface area contributed by atoms with Crippen molar-refractivity contribution in [2.24, 2.45) is 0 Å². The van der Waals surface area contributed by atoms with Crippen molar-refractivity contribution >= 4 is 51.5 Å². The average molecular weight is 480 g/mol. The number of fused-ring (bicyclic) bond motifs is 1. The highest BCUT2D eigenvalue weighted by atomic mass is 35.5. The second-order valence-corrected chi connectivity index (χ2v) is 8.68. The summed E-state index contributed by atoms with van der Waals surface area (Å²) in [5.41, 5.74) is 0.597. The van der Waals surface area contributed by atoms with Crippen LogP contribution in [0.1, 0.15) is 30.0 Å². The normalized spacial score (nSPS) is 16.0. The number of carbonyl (C=O) groups excluding carboxylic acids is 2. The largest absolute Gasteiger partial charge is 0.416 e. The molecule has 1 aliphatic rings. The van der Waals surface area contributed by atoms with Gasteiger partial charge >= 0.3 is 6.18 Å². The maximum absolute atomic E-state index is 13.4. The molecule has 0 atom stereocenters. The average Bonchev–Trinajstić information content (AvgIpc) is 3.24. The number of amides is 2. The molecule has 1 aromatic heterocycles. The van der Waals surface area contributed by atoms with Gasteiger partial charge in [0, 0.05) is 17.0 Å². The van der Waals surface area contributed by atoms with Crippen LogP contribution in [-0.4, -0.2) is 32.4 Å². The molecule has 5 nitrogen and oxygen atoms in total. The zero-order valence-electron chi connectivity index (χ0n) is 16.8. The van der Waals surface area contributed by atoms with Crippen molar-refractivity contribution < 1.29 is 22.8 Å². The summed E-state index contributed by atoms with van der Waals surface area (Å²) in [6.07, 6.45) is -0.659. The first kappa shape index (κ1) is 22.4. The van der Waals surface area contributed by atoms with Crippen LogP contribution in [0.2, 0.25) is 5.02 Å². The zero-order chi connectivity index (χ0) is 23.0. The lowest BCUT2D eigenvalue weighted by molar-refractivity contribution is -0.138. The molecule has 2 heterocycles. The van der Waals surface area contributed by atoms with E-state index in [9.17, 15) is 22.8 Å². The highest BCUT2D eigenvalue weighted by Gasteiger charge is 2.35. The van der Waals surface area contributed by atoms with Crippen LogP contribution >= 0.6 is 23.4 Å². The molecule has 0 spiro atoms. The van der Waals surface area contributed by atoms with Crippen molar-refractivity contribution in [3.63, 3.8) is 0 Å². The van der Waals surface area contributed by atoms with E-state index in [2.05, 4.69) is 5.10 Å². The molecule has 0 aliphatic carbocycles. The highest BCUT2D eigenvalue weighted by Crippen LogP contribution is 2.35. The molecule has 4 rings (SSSR count). The van der Waals surface area contributed by atoms with E-state index in [1.165, 1.54) is 21.7 Å².